The molecule has 1 unspecified atom stereocenters. The Morgan fingerprint density at radius 1 is 0.568 bits per heavy atom. The summed E-state index contributed by atoms with van der Waals surface area (Å²) < 4.78 is 32.3. The molecule has 9 nitrogen and oxygen atoms in total. The van der Waals surface area contributed by atoms with E-state index in [-0.39, 0.29) is 0 Å². The van der Waals surface area contributed by atoms with Crippen molar-refractivity contribution in [1.29, 1.82) is 0 Å². The smallest absolute Gasteiger partial charge is 0.221 e. The third-order valence-electron chi connectivity index (χ3n) is 9.14. The van der Waals surface area contributed by atoms with E-state index in [9.17, 15) is 0 Å². The highest BCUT2D eigenvalue weighted by molar-refractivity contribution is 7.83. The van der Waals surface area contributed by atoms with E-state index in [4.69, 9.17) is 13.5 Å². The molecule has 1 spiro atoms. The highest BCUT2D eigenvalue weighted by Gasteiger charge is 2.51. The van der Waals surface area contributed by atoms with Gasteiger partial charge in [-0.3, -0.25) is 5.09 Å². The first-order chi connectivity index (χ1) is 18.2. The highest BCUT2D eigenvalue weighted by atomic mass is 31.3. The summed E-state index contributed by atoms with van der Waals surface area (Å²) in [5, 5.41) is 4.11. The molecule has 37 heavy (non-hydrogen) atoms. The van der Waals surface area contributed by atoms with Crippen LogP contribution in [0.5, 0.6) is 0 Å². The maximum Gasteiger partial charge on any atom is 0.221 e. The Labute approximate surface area is 224 Å². The zero-order chi connectivity index (χ0) is 24.8. The lowest BCUT2D eigenvalue weighted by Crippen LogP contribution is -2.40. The van der Waals surface area contributed by atoms with E-state index in [1.54, 1.807) is 0 Å². The largest absolute Gasteiger partial charge is 0.253 e. The van der Waals surface area contributed by atoms with Crippen LogP contribution in [0.2, 0.25) is 0 Å². The Morgan fingerprint density at radius 3 is 1.51 bits per heavy atom. The molecule has 0 radical (unpaired) electrons. The molecule has 6 heterocycles. The number of hydrogen-bond acceptors (Lipinski definition) is 9. The molecule has 7 rings (SSSR count). The van der Waals surface area contributed by atoms with Gasteiger partial charge in [0.1, 0.15) is 0 Å². The molecular weight excluding hydrogens is 519 g/mol. The fourth-order valence-electron chi connectivity index (χ4n) is 7.19. The van der Waals surface area contributed by atoms with Crippen LogP contribution in [-0.2, 0) is 0 Å². The Balaban J connectivity index is 1.48. The molecule has 7 aliphatic rings. The van der Waals surface area contributed by atoms with E-state index in [0.717, 1.165) is 72.0 Å². The fraction of sp³-hybridized carbons (Fsp3) is 0.840. The van der Waals surface area contributed by atoms with Crippen molar-refractivity contribution in [3.63, 3.8) is 0 Å². The predicted molar refractivity (Wildman–Crippen MR) is 157 cm³/mol. The van der Waals surface area contributed by atoms with Gasteiger partial charge < -0.3 is 0 Å². The van der Waals surface area contributed by atoms with Crippen LogP contribution < -0.4 is 5.09 Å². The van der Waals surface area contributed by atoms with Crippen molar-refractivity contribution in [3.8, 4) is 0 Å². The first-order valence-corrected chi connectivity index (χ1v) is 19.9. The van der Waals surface area contributed by atoms with Crippen LogP contribution in [-0.4, -0.2) is 95.3 Å². The molecule has 0 aromatic heterocycles. The standard InChI is InChI=1S/C25H46N9P3/c1-2-13-25(12-1)24-34-23-11-14-26-35(34)27-36(30-15-3-4-16-30,31-17-5-6-18-31)29-37(28-35,32-19-7-8-20-32)33-21-9-10-22-33/h1-2,12-13,25-26H,3-11,14-24H2. The van der Waals surface area contributed by atoms with Gasteiger partial charge in [-0.25, -0.2) is 23.4 Å². The van der Waals surface area contributed by atoms with Crippen LogP contribution in [0.4, 0.5) is 0 Å². The van der Waals surface area contributed by atoms with Crippen molar-refractivity contribution < 1.29 is 0 Å². The summed E-state index contributed by atoms with van der Waals surface area (Å²) in [5.74, 6) is 0.471. The fourth-order valence-corrected chi connectivity index (χ4v) is 23.1. The van der Waals surface area contributed by atoms with Crippen molar-refractivity contribution in [2.45, 2.75) is 57.8 Å². The van der Waals surface area contributed by atoms with E-state index < -0.39 is 22.5 Å². The second-order valence-electron chi connectivity index (χ2n) is 11.7. The summed E-state index contributed by atoms with van der Waals surface area (Å²) >= 11 is 0. The minimum Gasteiger partial charge on any atom is -0.253 e. The van der Waals surface area contributed by atoms with E-state index in [0.29, 0.717) is 5.92 Å². The molecule has 5 saturated heterocycles. The minimum atomic E-state index is -2.30. The van der Waals surface area contributed by atoms with Crippen molar-refractivity contribution >= 4 is 22.5 Å². The lowest BCUT2D eigenvalue weighted by atomic mass is 10.2. The first-order valence-electron chi connectivity index (χ1n) is 15.0. The quantitative estimate of drug-likeness (QED) is 0.384. The van der Waals surface area contributed by atoms with Gasteiger partial charge in [-0.15, -0.1) is 0 Å². The molecule has 5 fully saturated rings. The normalized spacial score (nSPS) is 35.5. The van der Waals surface area contributed by atoms with Gasteiger partial charge in [0.25, 0.3) is 0 Å². The van der Waals surface area contributed by atoms with E-state index >= 15 is 0 Å². The number of rotatable bonds is 6. The highest BCUT2D eigenvalue weighted by Crippen LogP contribution is 2.82. The molecule has 0 saturated carbocycles. The number of nitrogens with zero attached hydrogens (tertiary/aromatic N) is 8. The Bertz CT molecular complexity index is 989. The van der Waals surface area contributed by atoms with Gasteiger partial charge in [0.05, 0.1) is 0 Å². The lowest BCUT2D eigenvalue weighted by Gasteiger charge is -2.50. The van der Waals surface area contributed by atoms with Crippen LogP contribution in [0.25, 0.3) is 0 Å². The zero-order valence-electron chi connectivity index (χ0n) is 22.4. The Morgan fingerprint density at radius 2 is 1.03 bits per heavy atom. The first kappa shape index (κ1) is 25.9. The van der Waals surface area contributed by atoms with Crippen molar-refractivity contribution in [1.82, 2.24) is 28.4 Å². The van der Waals surface area contributed by atoms with E-state index in [2.05, 4.69) is 52.7 Å². The minimum absolute atomic E-state index is 0.471. The number of allylic oxidation sites excluding steroid dienone is 2. The molecule has 6 aliphatic heterocycles. The second-order valence-corrected chi connectivity index (χ2v) is 20.2. The van der Waals surface area contributed by atoms with Gasteiger partial charge in [0, 0.05) is 77.9 Å². The molecule has 12 heteroatoms. The zero-order valence-corrected chi connectivity index (χ0v) is 25.1. The topological polar surface area (TPSA) is 65.3 Å². The summed E-state index contributed by atoms with van der Waals surface area (Å²) in [6.07, 6.45) is 20.7. The van der Waals surface area contributed by atoms with Crippen LogP contribution in [0.15, 0.2) is 37.9 Å². The third kappa shape index (κ3) is 4.59. The summed E-state index contributed by atoms with van der Waals surface area (Å²) in [7, 11) is -6.76. The van der Waals surface area contributed by atoms with E-state index in [1.807, 2.05) is 0 Å². The van der Waals surface area contributed by atoms with Crippen molar-refractivity contribution in [3.05, 3.63) is 24.3 Å². The summed E-state index contributed by atoms with van der Waals surface area (Å²) in [6, 6.07) is 0. The van der Waals surface area contributed by atoms with E-state index in [1.165, 1.54) is 57.8 Å². The Kier molecular flexibility index (Phi) is 7.50. The Hall–Kier alpha value is -0.0700. The molecule has 0 amide bonds. The molecule has 206 valence electrons. The van der Waals surface area contributed by atoms with Gasteiger partial charge in [-0.1, -0.05) is 24.3 Å². The van der Waals surface area contributed by atoms with Crippen molar-refractivity contribution in [2.75, 3.05) is 72.0 Å². The van der Waals surface area contributed by atoms with Gasteiger partial charge in [-0.05, 0) is 57.8 Å². The molecule has 1 atom stereocenters. The SMILES string of the molecule is C1=CC(CN2CCCNP23=NP(N2CCCC2)(N2CCCC2)=NP(N2CCCC2)(N2CCCC2)=N3)C=C1. The molecule has 1 aliphatic carbocycles. The van der Waals surface area contributed by atoms with Crippen LogP contribution in [0.1, 0.15) is 57.8 Å². The summed E-state index contributed by atoms with van der Waals surface area (Å²) in [6.45, 7) is 12.4. The number of nitrogens with one attached hydrogen (secondary N) is 1. The monoisotopic (exact) mass is 565 g/mol. The van der Waals surface area contributed by atoms with Gasteiger partial charge in [0.15, 0.2) is 0 Å². The molecule has 1 N–H and O–H groups in total. The third-order valence-corrected chi connectivity index (χ3v) is 21.4. The maximum absolute atomic E-state index is 6.21. The van der Waals surface area contributed by atoms with Gasteiger partial charge >= 0.3 is 0 Å². The van der Waals surface area contributed by atoms with Gasteiger partial charge in [0.2, 0.25) is 22.5 Å². The molecule has 0 aromatic carbocycles. The summed E-state index contributed by atoms with van der Waals surface area (Å²) in [4.78, 5) is 0. The predicted octanol–water partition coefficient (Wildman–Crippen LogP) is 6.26. The molecular formula is C25H46N9P3. The van der Waals surface area contributed by atoms with Crippen molar-refractivity contribution in [2.24, 2.45) is 19.5 Å². The molecule has 0 bridgehead atoms. The maximum atomic E-state index is 6.21. The molecule has 0 aromatic rings. The average Bonchev–Trinajstić information content (AvgIpc) is 3.77. The average molecular weight is 566 g/mol. The number of hydrogen-bond donors (Lipinski definition) is 1. The van der Waals surface area contributed by atoms with Crippen LogP contribution >= 0.6 is 22.5 Å². The summed E-state index contributed by atoms with van der Waals surface area (Å²) in [5.41, 5.74) is 0. The van der Waals surface area contributed by atoms with Crippen LogP contribution in [0, 0.1) is 5.92 Å². The second kappa shape index (κ2) is 10.7. The van der Waals surface area contributed by atoms with Gasteiger partial charge in [-0.2, -0.15) is 13.5 Å². The lowest BCUT2D eigenvalue weighted by molar-refractivity contribution is 0.390. The van der Waals surface area contributed by atoms with Crippen LogP contribution in [0.3, 0.4) is 0 Å².